The van der Waals surface area contributed by atoms with Gasteiger partial charge in [-0.3, -0.25) is 4.72 Å². The Morgan fingerprint density at radius 3 is 2.28 bits per heavy atom. The van der Waals surface area contributed by atoms with Crippen LogP contribution in [0, 0.1) is 0 Å². The zero-order valence-corrected chi connectivity index (χ0v) is 17.6. The van der Waals surface area contributed by atoms with Crippen molar-refractivity contribution in [2.45, 2.75) is 50.3 Å². The number of carboxylic acid groups (broad SMARTS) is 1. The number of aromatic nitrogens is 1. The Balaban J connectivity index is 1.86. The highest BCUT2D eigenvalue weighted by atomic mass is 32.2. The highest BCUT2D eigenvalue weighted by Gasteiger charge is 2.21. The zero-order valence-electron chi connectivity index (χ0n) is 16.8. The topological polar surface area (TPSA) is 99.6 Å². The van der Waals surface area contributed by atoms with Crippen LogP contribution in [0.5, 0.6) is 0 Å². The van der Waals surface area contributed by atoms with E-state index in [4.69, 9.17) is 0 Å². The molecule has 0 spiro atoms. The summed E-state index contributed by atoms with van der Waals surface area (Å²) in [5.41, 5.74) is 1.18. The average molecular weight is 418 g/mol. The number of anilines is 2. The summed E-state index contributed by atoms with van der Waals surface area (Å²) in [5.74, 6) is -0.434. The molecule has 0 aliphatic carbocycles. The predicted molar refractivity (Wildman–Crippen MR) is 113 cm³/mol. The normalized spacial score (nSPS) is 15.2. The summed E-state index contributed by atoms with van der Waals surface area (Å²) < 4.78 is 27.8. The number of carboxylic acids is 1. The van der Waals surface area contributed by atoms with Gasteiger partial charge in [-0.25, -0.2) is 18.2 Å². The molecule has 2 N–H and O–H groups in total. The van der Waals surface area contributed by atoms with Crippen molar-refractivity contribution >= 4 is 27.5 Å². The maximum absolute atomic E-state index is 12.7. The van der Waals surface area contributed by atoms with Gasteiger partial charge in [-0.2, -0.15) is 0 Å². The average Bonchev–Trinajstić information content (AvgIpc) is 2.97. The van der Waals surface area contributed by atoms with E-state index in [2.05, 4.69) is 9.71 Å². The van der Waals surface area contributed by atoms with E-state index in [9.17, 15) is 18.3 Å². The molecule has 29 heavy (non-hydrogen) atoms. The first kappa shape index (κ1) is 21.1. The molecule has 7 nitrogen and oxygen atoms in total. The van der Waals surface area contributed by atoms with Gasteiger partial charge in [0.25, 0.3) is 10.0 Å². The van der Waals surface area contributed by atoms with Crippen LogP contribution >= 0.6 is 0 Å². The van der Waals surface area contributed by atoms with Crippen molar-refractivity contribution in [2.75, 3.05) is 22.7 Å². The zero-order chi connectivity index (χ0) is 21.0. The van der Waals surface area contributed by atoms with Crippen molar-refractivity contribution in [2.24, 2.45) is 0 Å². The van der Waals surface area contributed by atoms with E-state index >= 15 is 0 Å². The van der Waals surface area contributed by atoms with Crippen LogP contribution in [0.15, 0.2) is 41.4 Å². The van der Waals surface area contributed by atoms with Crippen molar-refractivity contribution in [1.29, 1.82) is 0 Å². The second-order valence-electron chi connectivity index (χ2n) is 7.63. The van der Waals surface area contributed by atoms with Crippen molar-refractivity contribution in [1.82, 2.24) is 4.98 Å². The predicted octanol–water partition coefficient (Wildman–Crippen LogP) is 4.08. The highest BCUT2D eigenvalue weighted by molar-refractivity contribution is 7.92. The van der Waals surface area contributed by atoms with Crippen LogP contribution in [-0.4, -0.2) is 37.6 Å². The number of benzene rings is 1. The number of nitrogens with zero attached hydrogens (tertiary/aromatic N) is 2. The first-order valence-electron chi connectivity index (χ1n) is 9.89. The third-order valence-electron chi connectivity index (χ3n) is 5.11. The molecule has 3 rings (SSSR count). The van der Waals surface area contributed by atoms with Gasteiger partial charge in [0.15, 0.2) is 0 Å². The lowest BCUT2D eigenvalue weighted by atomic mass is 10.0. The Labute approximate surface area is 171 Å². The van der Waals surface area contributed by atoms with Crippen LogP contribution in [0.2, 0.25) is 0 Å². The number of nitrogens with one attached hydrogen (secondary N) is 1. The van der Waals surface area contributed by atoms with Gasteiger partial charge in [0.2, 0.25) is 0 Å². The fraction of sp³-hybridized carbons (Fsp3) is 0.429. The number of sulfonamides is 1. The molecule has 1 aliphatic rings. The monoisotopic (exact) mass is 417 g/mol. The van der Waals surface area contributed by atoms with Crippen LogP contribution in [0.1, 0.15) is 61.4 Å². The number of hydrogen-bond acceptors (Lipinski definition) is 5. The second kappa shape index (κ2) is 8.82. The molecule has 1 saturated heterocycles. The Morgan fingerprint density at radius 2 is 1.72 bits per heavy atom. The summed E-state index contributed by atoms with van der Waals surface area (Å²) in [4.78, 5) is 18.2. The third kappa shape index (κ3) is 5.06. The lowest BCUT2D eigenvalue weighted by Gasteiger charge is -2.23. The van der Waals surface area contributed by atoms with Crippen molar-refractivity contribution < 1.29 is 18.3 Å². The van der Waals surface area contributed by atoms with Crippen molar-refractivity contribution in [3.63, 3.8) is 0 Å². The molecule has 1 aromatic carbocycles. The minimum absolute atomic E-state index is 0.00209. The molecule has 0 unspecified atom stereocenters. The molecule has 8 heteroatoms. The number of hydrogen-bond donors (Lipinski definition) is 2. The lowest BCUT2D eigenvalue weighted by molar-refractivity contribution is 0.0697. The molecule has 1 fully saturated rings. The molecule has 1 aromatic heterocycles. The van der Waals surface area contributed by atoms with Crippen LogP contribution in [0.3, 0.4) is 0 Å². The summed E-state index contributed by atoms with van der Waals surface area (Å²) in [6.45, 7) is 5.57. The van der Waals surface area contributed by atoms with Gasteiger partial charge in [-0.1, -0.05) is 38.8 Å². The van der Waals surface area contributed by atoms with Gasteiger partial charge in [0.05, 0.1) is 16.8 Å². The van der Waals surface area contributed by atoms with Crippen molar-refractivity contribution in [3.8, 4) is 0 Å². The Morgan fingerprint density at radius 1 is 1.10 bits per heavy atom. The molecule has 0 atom stereocenters. The first-order valence-corrected chi connectivity index (χ1v) is 11.4. The number of aromatic carboxylic acids is 1. The first-order chi connectivity index (χ1) is 13.8. The number of carbonyl (C=O) groups is 1. The highest BCUT2D eigenvalue weighted by Crippen LogP contribution is 2.26. The largest absolute Gasteiger partial charge is 0.478 e. The molecule has 2 aromatic rings. The minimum Gasteiger partial charge on any atom is -0.478 e. The van der Waals surface area contributed by atoms with Crippen LogP contribution in [0.4, 0.5) is 11.5 Å². The lowest BCUT2D eigenvalue weighted by Crippen LogP contribution is -2.27. The van der Waals surface area contributed by atoms with E-state index < -0.39 is 16.0 Å². The maximum Gasteiger partial charge on any atom is 0.339 e. The molecule has 0 radical (unpaired) electrons. The van der Waals surface area contributed by atoms with E-state index in [0.717, 1.165) is 44.3 Å². The number of rotatable bonds is 6. The van der Waals surface area contributed by atoms with E-state index in [0.29, 0.717) is 11.7 Å². The summed E-state index contributed by atoms with van der Waals surface area (Å²) in [6, 6.07) is 8.00. The van der Waals surface area contributed by atoms with E-state index in [1.807, 2.05) is 18.7 Å². The Kier molecular flexibility index (Phi) is 6.42. The Bertz CT molecular complexity index is 964. The SMILES string of the molecule is CC(C)c1ccc(S(=O)(=O)Nc2cnc(N3CCCCCC3)c(C(=O)O)c2)cc1. The van der Waals surface area contributed by atoms with Gasteiger partial charge in [-0.15, -0.1) is 0 Å². The quantitative estimate of drug-likeness (QED) is 0.734. The van der Waals surface area contributed by atoms with Gasteiger partial charge in [0, 0.05) is 13.1 Å². The molecule has 0 amide bonds. The van der Waals surface area contributed by atoms with E-state index in [1.54, 1.807) is 24.3 Å². The Hall–Kier alpha value is -2.61. The minimum atomic E-state index is -3.84. The van der Waals surface area contributed by atoms with Gasteiger partial charge in [0.1, 0.15) is 11.4 Å². The molecule has 0 saturated carbocycles. The molecule has 1 aliphatic heterocycles. The summed E-state index contributed by atoms with van der Waals surface area (Å²) in [7, 11) is -3.84. The van der Waals surface area contributed by atoms with Crippen LogP contribution < -0.4 is 9.62 Å². The molecular formula is C21H27N3O4S. The van der Waals surface area contributed by atoms with Crippen LogP contribution in [-0.2, 0) is 10.0 Å². The molecule has 0 bridgehead atoms. The van der Waals surface area contributed by atoms with Crippen LogP contribution in [0.25, 0.3) is 0 Å². The maximum atomic E-state index is 12.7. The molecule has 156 valence electrons. The van der Waals surface area contributed by atoms with E-state index in [-0.39, 0.29) is 16.1 Å². The van der Waals surface area contributed by atoms with Gasteiger partial charge >= 0.3 is 5.97 Å². The summed E-state index contributed by atoms with van der Waals surface area (Å²) in [5, 5.41) is 9.65. The van der Waals surface area contributed by atoms with Gasteiger partial charge < -0.3 is 10.0 Å². The van der Waals surface area contributed by atoms with Crippen molar-refractivity contribution in [3.05, 3.63) is 47.7 Å². The second-order valence-corrected chi connectivity index (χ2v) is 9.31. The standard InChI is InChI=1S/C21H27N3O4S/c1-15(2)16-7-9-18(10-8-16)29(27,28)23-17-13-19(21(25)26)20(22-14-17)24-11-5-3-4-6-12-24/h7-10,13-15,23H,3-6,11-12H2,1-2H3,(H,25,26). The third-order valence-corrected chi connectivity index (χ3v) is 6.51. The van der Waals surface area contributed by atoms with Gasteiger partial charge in [-0.05, 0) is 42.5 Å². The molecule has 2 heterocycles. The van der Waals surface area contributed by atoms with E-state index in [1.165, 1.54) is 12.3 Å². The summed E-state index contributed by atoms with van der Waals surface area (Å²) >= 11 is 0. The number of pyridine rings is 1. The fourth-order valence-corrected chi connectivity index (χ4v) is 4.49. The smallest absolute Gasteiger partial charge is 0.339 e. The summed E-state index contributed by atoms with van der Waals surface area (Å²) in [6.07, 6.45) is 5.59. The molecular weight excluding hydrogens is 390 g/mol. The fourth-order valence-electron chi connectivity index (χ4n) is 3.45.